The number of anilines is 1. The molecule has 0 aliphatic carbocycles. The molecular weight excluding hydrogens is 408 g/mol. The van der Waals surface area contributed by atoms with E-state index < -0.39 is 0 Å². The summed E-state index contributed by atoms with van der Waals surface area (Å²) < 4.78 is 0. The Bertz CT molecular complexity index is 895. The Morgan fingerprint density at radius 1 is 1.03 bits per heavy atom. The summed E-state index contributed by atoms with van der Waals surface area (Å²) in [6.45, 7) is 8.49. The lowest BCUT2D eigenvalue weighted by atomic mass is 10.0. The second-order valence-electron chi connectivity index (χ2n) is 9.47. The van der Waals surface area contributed by atoms with Crippen molar-refractivity contribution in [3.63, 3.8) is 0 Å². The van der Waals surface area contributed by atoms with Crippen molar-refractivity contribution in [1.29, 1.82) is 0 Å². The van der Waals surface area contributed by atoms with Crippen LogP contribution >= 0.6 is 0 Å². The summed E-state index contributed by atoms with van der Waals surface area (Å²) in [5.41, 5.74) is 4.08. The van der Waals surface area contributed by atoms with E-state index >= 15 is 0 Å². The number of benzene rings is 1. The zero-order valence-corrected chi connectivity index (χ0v) is 20.4. The Morgan fingerprint density at radius 2 is 1.79 bits per heavy atom. The number of nitrogens with one attached hydrogen (secondary N) is 2. The molecule has 2 aliphatic rings. The lowest BCUT2D eigenvalue weighted by Crippen LogP contribution is -2.48. The van der Waals surface area contributed by atoms with E-state index in [1.54, 1.807) is 0 Å². The van der Waals surface area contributed by atoms with E-state index in [1.807, 2.05) is 13.2 Å². The summed E-state index contributed by atoms with van der Waals surface area (Å²) in [6.07, 6.45) is 9.43. The number of nitrogens with zero attached hydrogens (tertiary/aromatic N) is 4. The van der Waals surface area contributed by atoms with Gasteiger partial charge in [0, 0.05) is 58.6 Å². The van der Waals surface area contributed by atoms with Crippen LogP contribution in [0.2, 0.25) is 0 Å². The fraction of sp³-hybridized carbons (Fsp3) is 0.556. The van der Waals surface area contributed by atoms with Crippen molar-refractivity contribution < 1.29 is 0 Å². The average Bonchev–Trinajstić information content (AvgIpc) is 3.14. The van der Waals surface area contributed by atoms with Gasteiger partial charge in [0.05, 0.1) is 0 Å². The van der Waals surface area contributed by atoms with Gasteiger partial charge in [0.2, 0.25) is 0 Å². The third-order valence-corrected chi connectivity index (χ3v) is 7.01. The van der Waals surface area contributed by atoms with Gasteiger partial charge in [-0.05, 0) is 61.4 Å². The average molecular weight is 449 g/mol. The van der Waals surface area contributed by atoms with Gasteiger partial charge in [0.25, 0.3) is 0 Å². The van der Waals surface area contributed by atoms with Gasteiger partial charge in [0.1, 0.15) is 5.82 Å². The van der Waals surface area contributed by atoms with Crippen LogP contribution in [0.1, 0.15) is 55.2 Å². The van der Waals surface area contributed by atoms with E-state index in [4.69, 9.17) is 0 Å². The van der Waals surface area contributed by atoms with Crippen molar-refractivity contribution in [3.8, 4) is 0 Å². The molecule has 0 radical (unpaired) electrons. The molecule has 4 rings (SSSR count). The third-order valence-electron chi connectivity index (χ3n) is 7.01. The number of aryl methyl sites for hydroxylation is 1. The molecule has 6 nitrogen and oxygen atoms in total. The number of pyridine rings is 1. The topological polar surface area (TPSA) is 55.8 Å². The molecule has 1 aromatic heterocycles. The molecule has 0 bridgehead atoms. The van der Waals surface area contributed by atoms with Gasteiger partial charge >= 0.3 is 0 Å². The highest BCUT2D eigenvalue weighted by atomic mass is 15.2. The predicted octanol–water partition coefficient (Wildman–Crippen LogP) is 4.10. The Balaban J connectivity index is 1.23. The van der Waals surface area contributed by atoms with Crippen LogP contribution in [0.5, 0.6) is 0 Å². The fourth-order valence-corrected chi connectivity index (χ4v) is 4.88. The maximum Gasteiger partial charge on any atom is 0.191 e. The van der Waals surface area contributed by atoms with Crippen molar-refractivity contribution in [2.24, 2.45) is 4.99 Å². The van der Waals surface area contributed by atoms with E-state index in [-0.39, 0.29) is 0 Å². The number of hydrogen-bond acceptors (Lipinski definition) is 4. The number of piperidine rings is 1. The van der Waals surface area contributed by atoms with Crippen LogP contribution < -0.4 is 15.5 Å². The molecule has 33 heavy (non-hydrogen) atoms. The minimum atomic E-state index is 0.467. The minimum Gasteiger partial charge on any atom is -0.357 e. The Hall–Kier alpha value is -2.60. The molecule has 6 heteroatoms. The van der Waals surface area contributed by atoms with E-state index in [0.29, 0.717) is 6.04 Å². The van der Waals surface area contributed by atoms with Crippen LogP contribution in [0.25, 0.3) is 0 Å². The Kier molecular flexibility index (Phi) is 8.59. The minimum absolute atomic E-state index is 0.467. The molecule has 0 spiro atoms. The second kappa shape index (κ2) is 12.0. The van der Waals surface area contributed by atoms with Crippen LogP contribution in [-0.4, -0.2) is 55.1 Å². The molecule has 2 aromatic rings. The van der Waals surface area contributed by atoms with Crippen molar-refractivity contribution in [2.45, 2.75) is 64.6 Å². The first-order valence-electron chi connectivity index (χ1n) is 12.6. The van der Waals surface area contributed by atoms with E-state index in [0.717, 1.165) is 63.9 Å². The van der Waals surface area contributed by atoms with Crippen LogP contribution in [0.3, 0.4) is 0 Å². The third kappa shape index (κ3) is 6.94. The van der Waals surface area contributed by atoms with Gasteiger partial charge in [-0.2, -0.15) is 0 Å². The van der Waals surface area contributed by atoms with Crippen molar-refractivity contribution >= 4 is 11.8 Å². The molecule has 3 heterocycles. The molecule has 0 saturated carbocycles. The summed E-state index contributed by atoms with van der Waals surface area (Å²) in [7, 11) is 1.86. The van der Waals surface area contributed by atoms with E-state index in [9.17, 15) is 0 Å². The monoisotopic (exact) mass is 448 g/mol. The molecule has 2 aliphatic heterocycles. The van der Waals surface area contributed by atoms with Crippen LogP contribution in [0, 0.1) is 6.92 Å². The highest BCUT2D eigenvalue weighted by Crippen LogP contribution is 2.19. The Morgan fingerprint density at radius 3 is 2.52 bits per heavy atom. The first kappa shape index (κ1) is 23.6. The molecule has 2 fully saturated rings. The van der Waals surface area contributed by atoms with Crippen LogP contribution in [-0.2, 0) is 13.1 Å². The quantitative estimate of drug-likeness (QED) is 0.515. The van der Waals surface area contributed by atoms with Gasteiger partial charge in [0.15, 0.2) is 5.96 Å². The van der Waals surface area contributed by atoms with Crippen LogP contribution in [0.15, 0.2) is 47.6 Å². The lowest BCUT2D eigenvalue weighted by molar-refractivity contribution is 0.198. The molecule has 1 aromatic carbocycles. The molecule has 2 N–H and O–H groups in total. The van der Waals surface area contributed by atoms with Gasteiger partial charge in [-0.3, -0.25) is 9.89 Å². The standard InChI is InChI=1S/C27H40N6/c1-22-9-5-6-10-24(22)21-32-17-12-25(13-18-32)31-27(28-2)30-20-23-11-14-29-26(19-23)33-15-7-3-4-8-16-33/h5-6,9-11,14,19,25H,3-4,7-8,12-13,15-18,20-21H2,1-2H3,(H2,28,30,31). The number of rotatable bonds is 6. The summed E-state index contributed by atoms with van der Waals surface area (Å²) in [5, 5.41) is 7.16. The van der Waals surface area contributed by atoms with Gasteiger partial charge in [-0.1, -0.05) is 37.1 Å². The summed E-state index contributed by atoms with van der Waals surface area (Å²) >= 11 is 0. The predicted molar refractivity (Wildman–Crippen MR) is 138 cm³/mol. The second-order valence-corrected chi connectivity index (χ2v) is 9.47. The first-order chi connectivity index (χ1) is 16.2. The Labute approximate surface area is 199 Å². The SMILES string of the molecule is CN=C(NCc1ccnc(N2CCCCCC2)c1)NC1CCN(Cc2ccccc2C)CC1. The molecule has 0 atom stereocenters. The molecule has 0 amide bonds. The van der Waals surface area contributed by atoms with Crippen molar-refractivity contribution in [1.82, 2.24) is 20.5 Å². The number of aromatic nitrogens is 1. The lowest BCUT2D eigenvalue weighted by Gasteiger charge is -2.33. The molecule has 2 saturated heterocycles. The number of hydrogen-bond donors (Lipinski definition) is 2. The highest BCUT2D eigenvalue weighted by molar-refractivity contribution is 5.80. The van der Waals surface area contributed by atoms with Crippen molar-refractivity contribution in [2.75, 3.05) is 38.1 Å². The smallest absolute Gasteiger partial charge is 0.191 e. The van der Waals surface area contributed by atoms with Gasteiger partial charge in [-0.25, -0.2) is 4.98 Å². The first-order valence-corrected chi connectivity index (χ1v) is 12.6. The van der Waals surface area contributed by atoms with E-state index in [1.165, 1.54) is 42.4 Å². The van der Waals surface area contributed by atoms with Gasteiger partial charge < -0.3 is 15.5 Å². The van der Waals surface area contributed by atoms with Crippen LogP contribution in [0.4, 0.5) is 5.82 Å². The number of aliphatic imine (C=N–C) groups is 1. The maximum absolute atomic E-state index is 4.64. The number of guanidine groups is 1. The zero-order chi connectivity index (χ0) is 22.9. The molecule has 0 unspecified atom stereocenters. The highest BCUT2D eigenvalue weighted by Gasteiger charge is 2.20. The normalized spacial score (nSPS) is 18.7. The molecular formula is C27H40N6. The molecule has 178 valence electrons. The summed E-state index contributed by atoms with van der Waals surface area (Å²) in [5.74, 6) is 2.00. The zero-order valence-electron chi connectivity index (χ0n) is 20.4. The number of likely N-dealkylation sites (tertiary alicyclic amines) is 1. The summed E-state index contributed by atoms with van der Waals surface area (Å²) in [6, 6.07) is 13.5. The maximum atomic E-state index is 4.64. The van der Waals surface area contributed by atoms with Gasteiger partial charge in [-0.15, -0.1) is 0 Å². The van der Waals surface area contributed by atoms with Crippen molar-refractivity contribution in [3.05, 3.63) is 59.3 Å². The largest absolute Gasteiger partial charge is 0.357 e. The summed E-state index contributed by atoms with van der Waals surface area (Å²) in [4.78, 5) is 14.1. The van der Waals surface area contributed by atoms with E-state index in [2.05, 4.69) is 73.7 Å². The fourth-order valence-electron chi connectivity index (χ4n) is 4.88.